The van der Waals surface area contributed by atoms with Gasteiger partial charge in [0, 0.05) is 46.7 Å². The Bertz CT molecular complexity index is 385. The van der Waals surface area contributed by atoms with Gasteiger partial charge in [-0.1, -0.05) is 12.1 Å². The highest BCUT2D eigenvalue weighted by Crippen LogP contribution is 2.29. The lowest BCUT2D eigenvalue weighted by molar-refractivity contribution is -0.0888. The van der Waals surface area contributed by atoms with Crippen molar-refractivity contribution in [2.75, 3.05) is 34.2 Å². The molecule has 1 aromatic carbocycles. The highest BCUT2D eigenvalue weighted by molar-refractivity contribution is 5.29. The van der Waals surface area contributed by atoms with E-state index < -0.39 is 0 Å². The van der Waals surface area contributed by atoms with E-state index in [1.165, 1.54) is 5.56 Å². The Morgan fingerprint density at radius 3 is 2.68 bits per heavy atom. The van der Waals surface area contributed by atoms with Gasteiger partial charge in [-0.15, -0.1) is 0 Å². The molecule has 1 aliphatic rings. The van der Waals surface area contributed by atoms with Crippen molar-refractivity contribution in [1.82, 2.24) is 0 Å². The first-order valence-corrected chi connectivity index (χ1v) is 6.62. The van der Waals surface area contributed by atoms with Gasteiger partial charge in [0.2, 0.25) is 0 Å². The summed E-state index contributed by atoms with van der Waals surface area (Å²) in [4.78, 5) is 0. The third-order valence-electron chi connectivity index (χ3n) is 3.61. The van der Waals surface area contributed by atoms with Crippen LogP contribution in [0.5, 0.6) is 5.75 Å². The number of hydrogen-bond donors (Lipinski definition) is 0. The smallest absolute Gasteiger partial charge is 0.188 e. The molecule has 0 saturated carbocycles. The van der Waals surface area contributed by atoms with Gasteiger partial charge in [0.15, 0.2) is 6.79 Å². The molecule has 1 fully saturated rings. The quantitative estimate of drug-likeness (QED) is 0.741. The largest absolute Gasteiger partial charge is 0.468 e. The summed E-state index contributed by atoms with van der Waals surface area (Å²) in [6.07, 6.45) is 2.76. The summed E-state index contributed by atoms with van der Waals surface area (Å²) in [6, 6.07) is 8.10. The maximum Gasteiger partial charge on any atom is 0.188 e. The molecule has 4 nitrogen and oxygen atoms in total. The number of ether oxygens (including phenoxy) is 4. The first-order valence-electron chi connectivity index (χ1n) is 6.62. The molecule has 0 spiro atoms. The van der Waals surface area contributed by atoms with Crippen molar-refractivity contribution < 1.29 is 18.9 Å². The first kappa shape index (κ1) is 14.3. The van der Waals surface area contributed by atoms with Gasteiger partial charge < -0.3 is 18.9 Å². The van der Waals surface area contributed by atoms with E-state index in [-0.39, 0.29) is 12.4 Å². The van der Waals surface area contributed by atoms with Gasteiger partial charge in [0.25, 0.3) is 0 Å². The first-order chi connectivity index (χ1) is 9.28. The van der Waals surface area contributed by atoms with Crippen LogP contribution in [0.1, 0.15) is 18.4 Å². The van der Waals surface area contributed by atoms with Crippen LogP contribution in [-0.4, -0.2) is 39.8 Å². The number of benzene rings is 1. The molecule has 0 amide bonds. The summed E-state index contributed by atoms with van der Waals surface area (Å²) >= 11 is 0. The van der Waals surface area contributed by atoms with Crippen molar-refractivity contribution in [1.29, 1.82) is 0 Å². The molecule has 1 aliphatic heterocycles. The van der Waals surface area contributed by atoms with E-state index in [1.807, 2.05) is 12.1 Å². The van der Waals surface area contributed by atoms with Crippen LogP contribution in [0.4, 0.5) is 0 Å². The minimum Gasteiger partial charge on any atom is -0.468 e. The molecule has 2 rings (SSSR count). The van der Waals surface area contributed by atoms with Gasteiger partial charge in [-0.3, -0.25) is 0 Å². The average Bonchev–Trinajstić information content (AvgIpc) is 2.46. The third-order valence-corrected chi connectivity index (χ3v) is 3.61. The van der Waals surface area contributed by atoms with Crippen molar-refractivity contribution in [2.45, 2.75) is 24.9 Å². The number of methoxy groups -OCH3 is 2. The van der Waals surface area contributed by atoms with Crippen molar-refractivity contribution in [3.8, 4) is 5.75 Å². The summed E-state index contributed by atoms with van der Waals surface area (Å²) in [5.41, 5.74) is 1.12. The van der Waals surface area contributed by atoms with Gasteiger partial charge >= 0.3 is 0 Å². The van der Waals surface area contributed by atoms with Crippen molar-refractivity contribution in [2.24, 2.45) is 0 Å². The fourth-order valence-electron chi connectivity index (χ4n) is 2.44. The molecule has 4 heteroatoms. The Labute approximate surface area is 114 Å². The fourth-order valence-corrected chi connectivity index (χ4v) is 2.44. The van der Waals surface area contributed by atoms with Crippen LogP contribution in [0.3, 0.4) is 0 Å². The molecule has 0 N–H and O–H groups in total. The molecule has 0 unspecified atom stereocenters. The number of hydrogen-bond acceptors (Lipinski definition) is 4. The van der Waals surface area contributed by atoms with E-state index in [0.717, 1.165) is 38.2 Å². The molecule has 0 atom stereocenters. The van der Waals surface area contributed by atoms with Crippen LogP contribution >= 0.6 is 0 Å². The van der Waals surface area contributed by atoms with Crippen LogP contribution in [-0.2, 0) is 20.6 Å². The standard InChI is InChI=1S/C15H22O4/c1-16-12-19-14-5-3-4-13(10-14)11-15(17-2)6-8-18-9-7-15/h3-5,10H,6-9,11-12H2,1-2H3. The lowest BCUT2D eigenvalue weighted by atomic mass is 9.87. The van der Waals surface area contributed by atoms with Gasteiger partial charge in [-0.25, -0.2) is 0 Å². The molecule has 106 valence electrons. The normalized spacial score (nSPS) is 18.2. The second-order valence-electron chi connectivity index (χ2n) is 4.87. The summed E-state index contributed by atoms with van der Waals surface area (Å²) in [7, 11) is 3.41. The Morgan fingerprint density at radius 1 is 1.21 bits per heavy atom. The molecule has 1 heterocycles. The predicted molar refractivity (Wildman–Crippen MR) is 72.4 cm³/mol. The second-order valence-corrected chi connectivity index (χ2v) is 4.87. The topological polar surface area (TPSA) is 36.9 Å². The van der Waals surface area contributed by atoms with E-state index >= 15 is 0 Å². The fraction of sp³-hybridized carbons (Fsp3) is 0.600. The van der Waals surface area contributed by atoms with Crippen LogP contribution in [0.2, 0.25) is 0 Å². The van der Waals surface area contributed by atoms with Crippen LogP contribution in [0.25, 0.3) is 0 Å². The lowest BCUT2D eigenvalue weighted by Crippen LogP contribution is -2.40. The minimum atomic E-state index is -0.0991. The van der Waals surface area contributed by atoms with Gasteiger partial charge in [0.05, 0.1) is 5.60 Å². The molecule has 0 bridgehead atoms. The molecule has 0 radical (unpaired) electrons. The Kier molecular flexibility index (Phi) is 5.19. The highest BCUT2D eigenvalue weighted by Gasteiger charge is 2.32. The number of rotatable bonds is 6. The van der Waals surface area contributed by atoms with Crippen molar-refractivity contribution in [3.63, 3.8) is 0 Å². The molecular weight excluding hydrogens is 244 g/mol. The van der Waals surface area contributed by atoms with Crippen LogP contribution in [0, 0.1) is 0 Å². The zero-order valence-electron chi connectivity index (χ0n) is 11.7. The molecule has 19 heavy (non-hydrogen) atoms. The van der Waals surface area contributed by atoms with Crippen molar-refractivity contribution >= 4 is 0 Å². The van der Waals surface area contributed by atoms with Gasteiger partial charge in [-0.2, -0.15) is 0 Å². The summed E-state index contributed by atoms with van der Waals surface area (Å²) < 4.78 is 21.6. The maximum absolute atomic E-state index is 5.76. The summed E-state index contributed by atoms with van der Waals surface area (Å²) in [5.74, 6) is 0.831. The van der Waals surface area contributed by atoms with Crippen LogP contribution < -0.4 is 4.74 Å². The SMILES string of the molecule is COCOc1cccc(CC2(OC)CCOCC2)c1. The van der Waals surface area contributed by atoms with E-state index in [9.17, 15) is 0 Å². The Morgan fingerprint density at radius 2 is 2.00 bits per heavy atom. The molecule has 0 aromatic heterocycles. The third kappa shape index (κ3) is 3.93. The molecule has 1 saturated heterocycles. The molecular formula is C15H22O4. The van der Waals surface area contributed by atoms with Gasteiger partial charge in [0.1, 0.15) is 5.75 Å². The molecule has 1 aromatic rings. The van der Waals surface area contributed by atoms with E-state index in [1.54, 1.807) is 14.2 Å². The summed E-state index contributed by atoms with van der Waals surface area (Å²) in [5, 5.41) is 0. The lowest BCUT2D eigenvalue weighted by Gasteiger charge is -2.36. The monoisotopic (exact) mass is 266 g/mol. The van der Waals surface area contributed by atoms with E-state index in [4.69, 9.17) is 18.9 Å². The Hall–Kier alpha value is -1.10. The highest BCUT2D eigenvalue weighted by atomic mass is 16.7. The Balaban J connectivity index is 2.04. The van der Waals surface area contributed by atoms with E-state index in [0.29, 0.717) is 0 Å². The predicted octanol–water partition coefficient (Wildman–Crippen LogP) is 2.41. The van der Waals surface area contributed by atoms with E-state index in [2.05, 4.69) is 12.1 Å². The average molecular weight is 266 g/mol. The zero-order valence-corrected chi connectivity index (χ0v) is 11.7. The molecule has 0 aliphatic carbocycles. The van der Waals surface area contributed by atoms with Crippen LogP contribution in [0.15, 0.2) is 24.3 Å². The van der Waals surface area contributed by atoms with Crippen molar-refractivity contribution in [3.05, 3.63) is 29.8 Å². The second kappa shape index (κ2) is 6.89. The minimum absolute atomic E-state index is 0.0991. The summed E-state index contributed by atoms with van der Waals surface area (Å²) in [6.45, 7) is 1.81. The zero-order chi connectivity index (χ0) is 13.6. The maximum atomic E-state index is 5.76. The van der Waals surface area contributed by atoms with Gasteiger partial charge in [-0.05, 0) is 17.7 Å².